The summed E-state index contributed by atoms with van der Waals surface area (Å²) in [5, 5.41) is 8.51. The Labute approximate surface area is 138 Å². The summed E-state index contributed by atoms with van der Waals surface area (Å²) in [5.41, 5.74) is 3.56. The van der Waals surface area contributed by atoms with E-state index < -0.39 is 0 Å². The van der Waals surface area contributed by atoms with Gasteiger partial charge in [-0.05, 0) is 43.2 Å². The van der Waals surface area contributed by atoms with E-state index >= 15 is 0 Å². The molecule has 1 aromatic heterocycles. The predicted octanol–water partition coefficient (Wildman–Crippen LogP) is 4.73. The van der Waals surface area contributed by atoms with Crippen molar-refractivity contribution >= 4 is 42.6 Å². The van der Waals surface area contributed by atoms with Gasteiger partial charge in [0.2, 0.25) is 0 Å². The maximum Gasteiger partial charge on any atom is 0.272 e. The summed E-state index contributed by atoms with van der Waals surface area (Å²) < 4.78 is 1.90. The van der Waals surface area contributed by atoms with Crippen molar-refractivity contribution in [3.05, 3.63) is 60.8 Å². The summed E-state index contributed by atoms with van der Waals surface area (Å²) in [5.74, 6) is 0. The van der Waals surface area contributed by atoms with Crippen LogP contribution in [0.1, 0.15) is 11.1 Å². The van der Waals surface area contributed by atoms with Crippen LogP contribution in [0.2, 0.25) is 0 Å². The number of fused-ring (bicyclic) bond motifs is 1. The molecule has 0 unspecified atom stereocenters. The monoisotopic (exact) mass is 406 g/mol. The second-order valence-corrected chi connectivity index (χ2v) is 6.74. The summed E-state index contributed by atoms with van der Waals surface area (Å²) in [6, 6.07) is 9.90. The number of aromatic nitrogens is 2. The largest absolute Gasteiger partial charge is 0.272 e. The van der Waals surface area contributed by atoms with Gasteiger partial charge in [-0.1, -0.05) is 44.0 Å². The van der Waals surface area contributed by atoms with Gasteiger partial charge in [-0.3, -0.25) is 4.79 Å². The van der Waals surface area contributed by atoms with Gasteiger partial charge in [-0.2, -0.15) is 5.10 Å². The van der Waals surface area contributed by atoms with Gasteiger partial charge in [0.15, 0.2) is 0 Å². The fourth-order valence-electron chi connectivity index (χ4n) is 2.50. The number of nitrogens with one attached hydrogen (secondary N) is 1. The Bertz CT molecular complexity index is 916. The molecule has 0 aliphatic carbocycles. The van der Waals surface area contributed by atoms with Crippen LogP contribution in [-0.4, -0.2) is 10.2 Å². The number of H-pyrrole nitrogens is 1. The highest BCUT2D eigenvalue weighted by Gasteiger charge is 2.15. The molecule has 0 atom stereocenters. The van der Waals surface area contributed by atoms with Crippen LogP contribution in [-0.2, 0) is 0 Å². The lowest BCUT2D eigenvalue weighted by Crippen LogP contribution is -2.11. The maximum absolute atomic E-state index is 12.1. The zero-order chi connectivity index (χ0) is 15.1. The van der Waals surface area contributed by atoms with Crippen molar-refractivity contribution < 1.29 is 0 Å². The van der Waals surface area contributed by atoms with Crippen molar-refractivity contribution in [2.75, 3.05) is 0 Å². The van der Waals surface area contributed by atoms with E-state index in [1.54, 1.807) is 0 Å². The third-order valence-corrected chi connectivity index (χ3v) is 4.72. The maximum atomic E-state index is 12.1. The summed E-state index contributed by atoms with van der Waals surface area (Å²) in [6.07, 6.45) is 0. The summed E-state index contributed by atoms with van der Waals surface area (Å²) in [7, 11) is 0. The smallest absolute Gasteiger partial charge is 0.267 e. The summed E-state index contributed by atoms with van der Waals surface area (Å²) in [6.45, 7) is 3.94. The molecule has 0 radical (unpaired) electrons. The second kappa shape index (κ2) is 5.39. The minimum absolute atomic E-state index is 0.152. The Balaban J connectivity index is 2.50. The van der Waals surface area contributed by atoms with E-state index in [9.17, 15) is 4.79 Å². The molecule has 0 aliphatic heterocycles. The third kappa shape index (κ3) is 2.45. The quantitative estimate of drug-likeness (QED) is 0.633. The van der Waals surface area contributed by atoms with Crippen LogP contribution in [0.5, 0.6) is 0 Å². The molecule has 5 heteroatoms. The molecule has 106 valence electrons. The van der Waals surface area contributed by atoms with Crippen molar-refractivity contribution in [1.29, 1.82) is 0 Å². The highest BCUT2D eigenvalue weighted by atomic mass is 79.9. The standard InChI is InChI=1S/C16H12Br2N2O/c1-8-3-4-9(2)14-13(8)15(19-20-16(14)21)11-7-10(17)5-6-12(11)18/h3-7H,1-2H3,(H,20,21). The van der Waals surface area contributed by atoms with Gasteiger partial charge in [0.25, 0.3) is 5.56 Å². The molecule has 0 saturated carbocycles. The van der Waals surface area contributed by atoms with Gasteiger partial charge >= 0.3 is 0 Å². The molecule has 3 rings (SSSR count). The SMILES string of the molecule is Cc1ccc(C)c2c(=O)[nH]nc(-c3cc(Br)ccc3Br)c12. The Hall–Kier alpha value is -1.46. The predicted molar refractivity (Wildman–Crippen MR) is 92.7 cm³/mol. The number of rotatable bonds is 1. The van der Waals surface area contributed by atoms with Gasteiger partial charge < -0.3 is 0 Å². The highest BCUT2D eigenvalue weighted by Crippen LogP contribution is 2.34. The number of aromatic amines is 1. The lowest BCUT2D eigenvalue weighted by Gasteiger charge is -2.11. The van der Waals surface area contributed by atoms with E-state index in [4.69, 9.17) is 0 Å². The van der Waals surface area contributed by atoms with Crippen LogP contribution in [0, 0.1) is 13.8 Å². The topological polar surface area (TPSA) is 45.8 Å². The fraction of sp³-hybridized carbons (Fsp3) is 0.125. The minimum Gasteiger partial charge on any atom is -0.267 e. The van der Waals surface area contributed by atoms with E-state index in [0.717, 1.165) is 36.7 Å². The Morgan fingerprint density at radius 1 is 1.00 bits per heavy atom. The molecule has 2 aromatic carbocycles. The third-order valence-electron chi connectivity index (χ3n) is 3.54. The van der Waals surface area contributed by atoms with Gasteiger partial charge in [0, 0.05) is 19.9 Å². The number of halogens is 2. The van der Waals surface area contributed by atoms with Crippen LogP contribution in [0.15, 0.2) is 44.1 Å². The van der Waals surface area contributed by atoms with Crippen molar-refractivity contribution in [3.63, 3.8) is 0 Å². The molecular formula is C16H12Br2N2O. The van der Waals surface area contributed by atoms with Gasteiger partial charge in [0.05, 0.1) is 5.39 Å². The lowest BCUT2D eigenvalue weighted by molar-refractivity contribution is 1.01. The first kappa shape index (κ1) is 14.5. The lowest BCUT2D eigenvalue weighted by atomic mass is 9.98. The van der Waals surface area contributed by atoms with E-state index in [-0.39, 0.29) is 5.56 Å². The van der Waals surface area contributed by atoms with E-state index in [1.165, 1.54) is 0 Å². The Morgan fingerprint density at radius 2 is 1.67 bits per heavy atom. The van der Waals surface area contributed by atoms with Crippen LogP contribution in [0.25, 0.3) is 22.0 Å². The number of hydrogen-bond donors (Lipinski definition) is 1. The Kier molecular flexibility index (Phi) is 3.71. The molecule has 1 N–H and O–H groups in total. The van der Waals surface area contributed by atoms with Gasteiger partial charge in [-0.25, -0.2) is 5.10 Å². The van der Waals surface area contributed by atoms with Crippen molar-refractivity contribution in [2.45, 2.75) is 13.8 Å². The molecule has 0 amide bonds. The molecule has 0 spiro atoms. The van der Waals surface area contributed by atoms with Crippen LogP contribution < -0.4 is 5.56 Å². The summed E-state index contributed by atoms with van der Waals surface area (Å²) in [4.78, 5) is 12.1. The molecule has 3 nitrogen and oxygen atoms in total. The molecule has 3 aromatic rings. The van der Waals surface area contributed by atoms with E-state index in [1.807, 2.05) is 44.2 Å². The van der Waals surface area contributed by atoms with Crippen molar-refractivity contribution in [3.8, 4) is 11.3 Å². The minimum atomic E-state index is -0.152. The van der Waals surface area contributed by atoms with Crippen molar-refractivity contribution in [1.82, 2.24) is 10.2 Å². The molecule has 0 fully saturated rings. The second-order valence-electron chi connectivity index (χ2n) is 4.97. The number of hydrogen-bond acceptors (Lipinski definition) is 2. The summed E-state index contributed by atoms with van der Waals surface area (Å²) >= 11 is 7.05. The molecule has 1 heterocycles. The zero-order valence-corrected chi connectivity index (χ0v) is 14.7. The molecule has 0 aliphatic rings. The van der Waals surface area contributed by atoms with Gasteiger partial charge in [0.1, 0.15) is 5.69 Å². The normalized spacial score (nSPS) is 11.0. The first-order valence-corrected chi connectivity index (χ1v) is 8.01. The first-order chi connectivity index (χ1) is 9.99. The van der Waals surface area contributed by atoms with E-state index in [0.29, 0.717) is 5.39 Å². The molecule has 0 bridgehead atoms. The Morgan fingerprint density at radius 3 is 2.38 bits per heavy atom. The van der Waals surface area contributed by atoms with Crippen LogP contribution in [0.4, 0.5) is 0 Å². The number of nitrogens with zero attached hydrogens (tertiary/aromatic N) is 1. The van der Waals surface area contributed by atoms with Crippen molar-refractivity contribution in [2.24, 2.45) is 0 Å². The van der Waals surface area contributed by atoms with E-state index in [2.05, 4.69) is 42.1 Å². The molecular weight excluding hydrogens is 396 g/mol. The number of benzene rings is 2. The average molecular weight is 408 g/mol. The van der Waals surface area contributed by atoms with Crippen LogP contribution >= 0.6 is 31.9 Å². The molecule has 21 heavy (non-hydrogen) atoms. The highest BCUT2D eigenvalue weighted by molar-refractivity contribution is 9.11. The fourth-order valence-corrected chi connectivity index (χ4v) is 3.30. The number of aryl methyl sites for hydroxylation is 2. The average Bonchev–Trinajstić information content (AvgIpc) is 2.46. The zero-order valence-electron chi connectivity index (χ0n) is 11.5. The first-order valence-electron chi connectivity index (χ1n) is 6.43. The molecule has 0 saturated heterocycles. The van der Waals surface area contributed by atoms with Gasteiger partial charge in [-0.15, -0.1) is 0 Å². The van der Waals surface area contributed by atoms with Crippen LogP contribution in [0.3, 0.4) is 0 Å².